The Morgan fingerprint density at radius 3 is 2.95 bits per heavy atom. The van der Waals surface area contributed by atoms with Crippen molar-refractivity contribution in [1.82, 2.24) is 10.2 Å². The highest BCUT2D eigenvalue weighted by Gasteiger charge is 2.26. The number of hydrogen-bond acceptors (Lipinski definition) is 3. The van der Waals surface area contributed by atoms with E-state index in [0.717, 1.165) is 6.07 Å². The lowest BCUT2D eigenvalue weighted by Gasteiger charge is -2.31. The number of benzene rings is 1. The second-order valence-electron chi connectivity index (χ2n) is 4.61. The second-order valence-corrected chi connectivity index (χ2v) is 5.02. The van der Waals surface area contributed by atoms with Crippen LogP contribution >= 0.6 is 11.6 Å². The molecule has 7 heteroatoms. The van der Waals surface area contributed by atoms with E-state index in [4.69, 9.17) is 11.6 Å². The van der Waals surface area contributed by atoms with Crippen molar-refractivity contribution < 1.29 is 14.0 Å². The maximum atomic E-state index is 12.9. The summed E-state index contributed by atoms with van der Waals surface area (Å²) in [5.41, 5.74) is 0.353. The van der Waals surface area contributed by atoms with Crippen molar-refractivity contribution in [3.63, 3.8) is 0 Å². The van der Waals surface area contributed by atoms with E-state index < -0.39 is 11.9 Å². The highest BCUT2D eigenvalue weighted by atomic mass is 35.5. The van der Waals surface area contributed by atoms with Gasteiger partial charge in [-0.25, -0.2) is 4.39 Å². The molecule has 0 radical (unpaired) electrons. The van der Waals surface area contributed by atoms with E-state index in [0.29, 0.717) is 18.8 Å². The van der Waals surface area contributed by atoms with Crippen molar-refractivity contribution in [3.8, 4) is 0 Å². The molecule has 5 nitrogen and oxygen atoms in total. The third kappa shape index (κ3) is 3.46. The van der Waals surface area contributed by atoms with E-state index in [-0.39, 0.29) is 23.4 Å². The molecule has 0 saturated carbocycles. The number of piperazine rings is 1. The summed E-state index contributed by atoms with van der Waals surface area (Å²) in [5.74, 6) is -0.849. The molecule has 0 aliphatic carbocycles. The van der Waals surface area contributed by atoms with Crippen LogP contribution < -0.4 is 10.6 Å². The third-order valence-electron chi connectivity index (χ3n) is 3.18. The summed E-state index contributed by atoms with van der Waals surface area (Å²) >= 11 is 5.85. The van der Waals surface area contributed by atoms with Crippen LogP contribution in [0.1, 0.15) is 6.92 Å². The zero-order valence-electron chi connectivity index (χ0n) is 11.0. The average Bonchev–Trinajstić information content (AvgIpc) is 2.41. The molecular formula is C13H15ClFN3O2. The Bertz CT molecular complexity index is 538. The number of carbonyl (C=O) groups is 2. The predicted octanol–water partition coefficient (Wildman–Crippen LogP) is 1.24. The van der Waals surface area contributed by atoms with E-state index in [1.54, 1.807) is 11.8 Å². The Labute approximate surface area is 121 Å². The highest BCUT2D eigenvalue weighted by Crippen LogP contribution is 2.22. The highest BCUT2D eigenvalue weighted by molar-refractivity contribution is 6.33. The minimum Gasteiger partial charge on any atom is -0.354 e. The molecule has 2 rings (SSSR count). The SMILES string of the molecule is C[C@H](C(=O)Nc1ccc(F)cc1Cl)N1CCNC(=O)C1. The van der Waals surface area contributed by atoms with Crippen molar-refractivity contribution in [3.05, 3.63) is 29.0 Å². The maximum Gasteiger partial charge on any atom is 0.241 e. The van der Waals surface area contributed by atoms with Crippen molar-refractivity contribution in [1.29, 1.82) is 0 Å². The molecule has 20 heavy (non-hydrogen) atoms. The zero-order chi connectivity index (χ0) is 14.7. The number of rotatable bonds is 3. The minimum absolute atomic E-state index is 0.101. The van der Waals surface area contributed by atoms with E-state index in [1.807, 2.05) is 0 Å². The molecule has 0 spiro atoms. The van der Waals surface area contributed by atoms with Gasteiger partial charge in [-0.3, -0.25) is 14.5 Å². The van der Waals surface area contributed by atoms with Gasteiger partial charge in [0.05, 0.1) is 23.3 Å². The molecule has 2 N–H and O–H groups in total. The third-order valence-corrected chi connectivity index (χ3v) is 3.50. The molecule has 2 amide bonds. The van der Waals surface area contributed by atoms with Gasteiger partial charge in [0.1, 0.15) is 5.82 Å². The maximum absolute atomic E-state index is 12.9. The number of anilines is 1. The molecule has 1 aromatic carbocycles. The Morgan fingerprint density at radius 1 is 1.55 bits per heavy atom. The fourth-order valence-electron chi connectivity index (χ4n) is 1.98. The van der Waals surface area contributed by atoms with Gasteiger partial charge in [0.15, 0.2) is 0 Å². The molecule has 0 unspecified atom stereocenters. The smallest absolute Gasteiger partial charge is 0.241 e. The van der Waals surface area contributed by atoms with Gasteiger partial charge in [0, 0.05) is 13.1 Å². The quantitative estimate of drug-likeness (QED) is 0.883. The first-order valence-corrected chi connectivity index (χ1v) is 6.62. The number of nitrogens with zero attached hydrogens (tertiary/aromatic N) is 1. The van der Waals surface area contributed by atoms with Crippen LogP contribution in [0.5, 0.6) is 0 Å². The van der Waals surface area contributed by atoms with Crippen molar-refractivity contribution in [2.24, 2.45) is 0 Å². The Hall–Kier alpha value is -1.66. The molecule has 0 aromatic heterocycles. The molecule has 1 aliphatic rings. The van der Waals surface area contributed by atoms with Gasteiger partial charge in [-0.05, 0) is 25.1 Å². The molecule has 1 atom stereocenters. The lowest BCUT2D eigenvalue weighted by atomic mass is 10.2. The summed E-state index contributed by atoms with van der Waals surface area (Å²) in [4.78, 5) is 25.2. The van der Waals surface area contributed by atoms with Crippen LogP contribution in [0.3, 0.4) is 0 Å². The Balaban J connectivity index is 2.01. The summed E-state index contributed by atoms with van der Waals surface area (Å²) in [6.07, 6.45) is 0. The molecule has 1 saturated heterocycles. The first-order chi connectivity index (χ1) is 9.47. The normalized spacial score (nSPS) is 17.4. The molecule has 1 fully saturated rings. The molecule has 108 valence electrons. The van der Waals surface area contributed by atoms with E-state index in [1.165, 1.54) is 12.1 Å². The molecule has 1 aromatic rings. The number of nitrogens with one attached hydrogen (secondary N) is 2. The largest absolute Gasteiger partial charge is 0.354 e. The Kier molecular flexibility index (Phi) is 4.57. The number of carbonyl (C=O) groups excluding carboxylic acids is 2. The fraction of sp³-hybridized carbons (Fsp3) is 0.385. The molecule has 1 heterocycles. The summed E-state index contributed by atoms with van der Waals surface area (Å²) in [6, 6.07) is 3.30. The van der Waals surface area contributed by atoms with Crippen molar-refractivity contribution in [2.75, 3.05) is 25.0 Å². The van der Waals surface area contributed by atoms with Gasteiger partial charge in [0.25, 0.3) is 0 Å². The van der Waals surface area contributed by atoms with Gasteiger partial charge in [-0.2, -0.15) is 0 Å². The summed E-state index contributed by atoms with van der Waals surface area (Å²) in [7, 11) is 0. The van der Waals surface area contributed by atoms with Crippen LogP contribution in [0, 0.1) is 5.82 Å². The van der Waals surface area contributed by atoms with Gasteiger partial charge in [-0.15, -0.1) is 0 Å². The van der Waals surface area contributed by atoms with Gasteiger partial charge >= 0.3 is 0 Å². The van der Waals surface area contributed by atoms with Gasteiger partial charge in [-0.1, -0.05) is 11.6 Å². The first-order valence-electron chi connectivity index (χ1n) is 6.24. The van der Waals surface area contributed by atoms with Crippen molar-refractivity contribution in [2.45, 2.75) is 13.0 Å². The van der Waals surface area contributed by atoms with Crippen LogP contribution in [0.15, 0.2) is 18.2 Å². The van der Waals surface area contributed by atoms with Crippen LogP contribution in [0.2, 0.25) is 5.02 Å². The van der Waals surface area contributed by atoms with Crippen LogP contribution in [0.4, 0.5) is 10.1 Å². The van der Waals surface area contributed by atoms with E-state index in [2.05, 4.69) is 10.6 Å². The molecule has 1 aliphatic heterocycles. The van der Waals surface area contributed by atoms with Crippen molar-refractivity contribution >= 4 is 29.1 Å². The lowest BCUT2D eigenvalue weighted by Crippen LogP contribution is -2.53. The first kappa shape index (κ1) is 14.7. The monoisotopic (exact) mass is 299 g/mol. The van der Waals surface area contributed by atoms with Crippen LogP contribution in [-0.4, -0.2) is 42.4 Å². The molecular weight excluding hydrogens is 285 g/mol. The average molecular weight is 300 g/mol. The number of hydrogen-bond donors (Lipinski definition) is 2. The minimum atomic E-state index is -0.470. The van der Waals surface area contributed by atoms with E-state index >= 15 is 0 Å². The van der Waals surface area contributed by atoms with E-state index in [9.17, 15) is 14.0 Å². The predicted molar refractivity (Wildman–Crippen MR) is 74.1 cm³/mol. The lowest BCUT2D eigenvalue weighted by molar-refractivity contribution is -0.127. The number of amides is 2. The standard InChI is InChI=1S/C13H15ClFN3O2/c1-8(18-5-4-16-12(19)7-18)13(20)17-11-3-2-9(15)6-10(11)14/h2-3,6,8H,4-5,7H2,1H3,(H,16,19)(H,17,20)/t8-/m1/s1. The second kappa shape index (κ2) is 6.19. The van der Waals surface area contributed by atoms with Crippen LogP contribution in [-0.2, 0) is 9.59 Å². The number of halogens is 2. The summed E-state index contributed by atoms with van der Waals surface area (Å²) < 4.78 is 12.9. The Morgan fingerprint density at radius 2 is 2.30 bits per heavy atom. The van der Waals surface area contributed by atoms with Gasteiger partial charge in [0.2, 0.25) is 11.8 Å². The summed E-state index contributed by atoms with van der Waals surface area (Å²) in [6.45, 7) is 3.03. The fourth-order valence-corrected chi connectivity index (χ4v) is 2.20. The van der Waals surface area contributed by atoms with Gasteiger partial charge < -0.3 is 10.6 Å². The summed E-state index contributed by atoms with van der Waals surface area (Å²) in [5, 5.41) is 5.47. The van der Waals surface area contributed by atoms with Crippen LogP contribution in [0.25, 0.3) is 0 Å². The zero-order valence-corrected chi connectivity index (χ0v) is 11.7. The topological polar surface area (TPSA) is 61.4 Å². The molecule has 0 bridgehead atoms.